The fraction of sp³-hybridized carbons (Fsp3) is 0.500. The molecule has 2 aromatic rings. The largest absolute Gasteiger partial charge is 0.369 e. The summed E-state index contributed by atoms with van der Waals surface area (Å²) < 4.78 is 0. The molecule has 1 saturated carbocycles. The Bertz CT molecular complexity index is 717. The maximum absolute atomic E-state index is 13.0. The summed E-state index contributed by atoms with van der Waals surface area (Å²) in [6, 6.07) is 14.8. The van der Waals surface area contributed by atoms with E-state index in [0.29, 0.717) is 0 Å². The van der Waals surface area contributed by atoms with Gasteiger partial charge in [-0.15, -0.1) is 11.3 Å². The van der Waals surface area contributed by atoms with Gasteiger partial charge in [0.1, 0.15) is 0 Å². The second kappa shape index (κ2) is 8.44. The molecule has 27 heavy (non-hydrogen) atoms. The van der Waals surface area contributed by atoms with Gasteiger partial charge in [0, 0.05) is 49.8 Å². The number of hydrogen-bond donors (Lipinski definition) is 1. The topological polar surface area (TPSA) is 35.6 Å². The predicted octanol–water partition coefficient (Wildman–Crippen LogP) is 3.50. The molecule has 2 aliphatic rings. The molecule has 1 aromatic heterocycles. The van der Waals surface area contributed by atoms with Crippen LogP contribution in [0, 0.1) is 0 Å². The minimum Gasteiger partial charge on any atom is -0.369 e. The van der Waals surface area contributed by atoms with Crippen molar-refractivity contribution in [3.63, 3.8) is 0 Å². The number of carbonyl (C=O) groups excluding carboxylic acids is 1. The molecule has 2 heterocycles. The van der Waals surface area contributed by atoms with Gasteiger partial charge in [0.15, 0.2) is 0 Å². The van der Waals surface area contributed by atoms with Crippen LogP contribution in [0.25, 0.3) is 0 Å². The molecule has 144 valence electrons. The van der Waals surface area contributed by atoms with Gasteiger partial charge in [-0.1, -0.05) is 37.1 Å². The summed E-state index contributed by atoms with van der Waals surface area (Å²) in [5.41, 5.74) is 1.05. The number of rotatable bonds is 6. The number of carbonyl (C=O) groups is 1. The molecule has 1 aromatic carbocycles. The summed E-state index contributed by atoms with van der Waals surface area (Å²) in [7, 11) is 0. The molecule has 4 nitrogen and oxygen atoms in total. The Labute approximate surface area is 166 Å². The standard InChI is InChI=1S/C22H29N3OS/c26-21(22(10-4-5-11-22)20-9-6-18-27-20)23-12-13-24-14-16-25(17-15-24)19-7-2-1-3-8-19/h1-3,6-9,18H,4-5,10-17H2,(H,23,26). The van der Waals surface area contributed by atoms with E-state index in [1.807, 2.05) is 0 Å². The maximum atomic E-state index is 13.0. The van der Waals surface area contributed by atoms with Crippen molar-refractivity contribution in [3.8, 4) is 0 Å². The smallest absolute Gasteiger partial charge is 0.231 e. The fourth-order valence-electron chi connectivity index (χ4n) is 4.48. The molecule has 1 aliphatic heterocycles. The third-order valence-electron chi connectivity index (χ3n) is 6.09. The van der Waals surface area contributed by atoms with Gasteiger partial charge >= 0.3 is 0 Å². The molecule has 1 amide bonds. The highest BCUT2D eigenvalue weighted by Gasteiger charge is 2.43. The van der Waals surface area contributed by atoms with Crippen molar-refractivity contribution in [1.29, 1.82) is 0 Å². The van der Waals surface area contributed by atoms with Gasteiger partial charge in [-0.3, -0.25) is 9.69 Å². The zero-order valence-electron chi connectivity index (χ0n) is 15.9. The van der Waals surface area contributed by atoms with E-state index in [4.69, 9.17) is 0 Å². The molecule has 4 rings (SSSR count). The number of hydrogen-bond acceptors (Lipinski definition) is 4. The van der Waals surface area contributed by atoms with Crippen molar-refractivity contribution < 1.29 is 4.79 Å². The van der Waals surface area contributed by atoms with Gasteiger partial charge in [0.05, 0.1) is 5.41 Å². The van der Waals surface area contributed by atoms with Crippen molar-refractivity contribution in [2.75, 3.05) is 44.2 Å². The molecule has 0 unspecified atom stereocenters. The average Bonchev–Trinajstić information content (AvgIpc) is 3.42. The molecule has 0 atom stereocenters. The molecule has 2 fully saturated rings. The van der Waals surface area contributed by atoms with Gasteiger partial charge in [0.25, 0.3) is 0 Å². The van der Waals surface area contributed by atoms with Crippen LogP contribution in [0.5, 0.6) is 0 Å². The van der Waals surface area contributed by atoms with Crippen LogP contribution >= 0.6 is 11.3 Å². The summed E-state index contributed by atoms with van der Waals surface area (Å²) in [6.07, 6.45) is 4.31. The van der Waals surface area contributed by atoms with Crippen molar-refractivity contribution in [2.24, 2.45) is 0 Å². The Balaban J connectivity index is 1.25. The molecule has 1 saturated heterocycles. The lowest BCUT2D eigenvalue weighted by Crippen LogP contribution is -2.50. The third kappa shape index (κ3) is 4.04. The Hall–Kier alpha value is -1.85. The highest BCUT2D eigenvalue weighted by atomic mass is 32.1. The van der Waals surface area contributed by atoms with E-state index in [1.54, 1.807) is 11.3 Å². The molecule has 5 heteroatoms. The first kappa shape index (κ1) is 18.5. The minimum absolute atomic E-state index is 0.241. The van der Waals surface area contributed by atoms with E-state index < -0.39 is 0 Å². The molecule has 1 aliphatic carbocycles. The van der Waals surface area contributed by atoms with Crippen molar-refractivity contribution in [2.45, 2.75) is 31.1 Å². The van der Waals surface area contributed by atoms with E-state index in [-0.39, 0.29) is 11.3 Å². The number of piperazine rings is 1. The lowest BCUT2D eigenvalue weighted by Gasteiger charge is -2.36. The Kier molecular flexibility index (Phi) is 5.79. The number of benzene rings is 1. The summed E-state index contributed by atoms with van der Waals surface area (Å²) in [5, 5.41) is 5.35. The lowest BCUT2D eigenvalue weighted by molar-refractivity contribution is -0.126. The zero-order chi connectivity index (χ0) is 18.5. The third-order valence-corrected chi connectivity index (χ3v) is 7.17. The van der Waals surface area contributed by atoms with E-state index >= 15 is 0 Å². The number of para-hydroxylation sites is 1. The van der Waals surface area contributed by atoms with Crippen LogP contribution in [-0.2, 0) is 10.2 Å². The summed E-state index contributed by atoms with van der Waals surface area (Å²) >= 11 is 1.73. The minimum atomic E-state index is -0.264. The number of thiophene rings is 1. The number of nitrogens with zero attached hydrogens (tertiary/aromatic N) is 2. The van der Waals surface area contributed by atoms with Crippen LogP contribution in [0.2, 0.25) is 0 Å². The normalized spacial score (nSPS) is 19.9. The van der Waals surface area contributed by atoms with Crippen molar-refractivity contribution in [3.05, 3.63) is 52.7 Å². The van der Waals surface area contributed by atoms with E-state index in [2.05, 4.69) is 63.0 Å². The maximum Gasteiger partial charge on any atom is 0.231 e. The zero-order valence-corrected chi connectivity index (χ0v) is 16.7. The number of anilines is 1. The van der Waals surface area contributed by atoms with Crippen LogP contribution in [0.1, 0.15) is 30.6 Å². The summed E-state index contributed by atoms with van der Waals surface area (Å²) in [6.45, 7) is 5.90. The van der Waals surface area contributed by atoms with E-state index in [0.717, 1.165) is 65.0 Å². The SMILES string of the molecule is O=C(NCCN1CCN(c2ccccc2)CC1)C1(c2cccs2)CCCC1. The number of amides is 1. The van der Waals surface area contributed by atoms with Gasteiger partial charge in [-0.25, -0.2) is 0 Å². The second-order valence-electron chi connectivity index (χ2n) is 7.69. The Morgan fingerprint density at radius 3 is 2.41 bits per heavy atom. The van der Waals surface area contributed by atoms with Crippen LogP contribution in [0.3, 0.4) is 0 Å². The van der Waals surface area contributed by atoms with Crippen LogP contribution in [0.15, 0.2) is 47.8 Å². The van der Waals surface area contributed by atoms with Crippen LogP contribution in [0.4, 0.5) is 5.69 Å². The first-order valence-corrected chi connectivity index (χ1v) is 11.0. The fourth-order valence-corrected chi connectivity index (χ4v) is 5.46. The van der Waals surface area contributed by atoms with Crippen LogP contribution in [-0.4, -0.2) is 50.1 Å². The van der Waals surface area contributed by atoms with E-state index in [1.165, 1.54) is 10.6 Å². The summed E-state index contributed by atoms with van der Waals surface area (Å²) in [4.78, 5) is 19.2. The van der Waals surface area contributed by atoms with Crippen molar-refractivity contribution >= 4 is 22.9 Å². The number of nitrogens with one attached hydrogen (secondary N) is 1. The quantitative estimate of drug-likeness (QED) is 0.829. The highest BCUT2D eigenvalue weighted by Crippen LogP contribution is 2.43. The molecule has 1 N–H and O–H groups in total. The monoisotopic (exact) mass is 383 g/mol. The molecule has 0 spiro atoms. The Morgan fingerprint density at radius 1 is 1.00 bits per heavy atom. The highest BCUT2D eigenvalue weighted by molar-refractivity contribution is 7.10. The van der Waals surface area contributed by atoms with Gasteiger partial charge in [-0.05, 0) is 36.4 Å². The second-order valence-corrected chi connectivity index (χ2v) is 8.63. The molecule has 0 radical (unpaired) electrons. The van der Waals surface area contributed by atoms with Crippen molar-refractivity contribution in [1.82, 2.24) is 10.2 Å². The molecular formula is C22H29N3OS. The van der Waals surface area contributed by atoms with E-state index in [9.17, 15) is 4.79 Å². The molecular weight excluding hydrogens is 354 g/mol. The predicted molar refractivity (Wildman–Crippen MR) is 113 cm³/mol. The van der Waals surface area contributed by atoms with Gasteiger partial charge < -0.3 is 10.2 Å². The summed E-state index contributed by atoms with van der Waals surface area (Å²) in [5.74, 6) is 0.241. The average molecular weight is 384 g/mol. The van der Waals surface area contributed by atoms with Crippen LogP contribution < -0.4 is 10.2 Å². The van der Waals surface area contributed by atoms with Gasteiger partial charge in [-0.2, -0.15) is 0 Å². The Morgan fingerprint density at radius 2 is 1.74 bits per heavy atom. The lowest BCUT2D eigenvalue weighted by atomic mass is 9.83. The first-order chi connectivity index (χ1) is 13.3. The van der Waals surface area contributed by atoms with Gasteiger partial charge in [0.2, 0.25) is 5.91 Å². The first-order valence-electron chi connectivity index (χ1n) is 10.1. The molecule has 0 bridgehead atoms.